The molecule has 0 heterocycles. The Morgan fingerprint density at radius 2 is 1.60 bits per heavy atom. The fourth-order valence-corrected chi connectivity index (χ4v) is 0.223. The molecule has 5 nitrogen and oxygen atoms in total. The molecule has 0 rings (SSSR count). The van der Waals surface area contributed by atoms with Gasteiger partial charge in [-0.15, -0.1) is 0 Å². The lowest BCUT2D eigenvalue weighted by atomic mass is 9.97. The quantitative estimate of drug-likeness (QED) is 0.322. The van der Waals surface area contributed by atoms with E-state index in [9.17, 15) is 10.1 Å². The highest BCUT2D eigenvalue weighted by atomic mass is 16.7. The first-order valence-corrected chi connectivity index (χ1v) is 2.79. The molecule has 60 valence electrons. The number of aliphatic hydroxyl groups is 2. The molecule has 0 saturated carbocycles. The monoisotopic (exact) mass is 149 g/mol. The molecule has 5 heteroatoms. The number of hydrogen-bond acceptors (Lipinski definition) is 4. The molecule has 0 aliphatic rings. The molecule has 0 fully saturated rings. The van der Waals surface area contributed by atoms with Crippen LogP contribution >= 0.6 is 0 Å². The van der Waals surface area contributed by atoms with Gasteiger partial charge >= 0.3 is 5.72 Å². The van der Waals surface area contributed by atoms with Crippen LogP contribution in [0, 0.1) is 10.1 Å². The zero-order valence-electron chi connectivity index (χ0n) is 6.16. The maximum absolute atomic E-state index is 10.1. The van der Waals surface area contributed by atoms with Gasteiger partial charge in [0, 0.05) is 6.92 Å². The first-order chi connectivity index (χ1) is 4.19. The molecule has 0 aromatic heterocycles. The van der Waals surface area contributed by atoms with Crippen molar-refractivity contribution in [3.63, 3.8) is 0 Å². The Morgan fingerprint density at radius 1 is 1.30 bits per heavy atom. The van der Waals surface area contributed by atoms with Gasteiger partial charge in [-0.2, -0.15) is 0 Å². The van der Waals surface area contributed by atoms with Crippen molar-refractivity contribution in [1.29, 1.82) is 0 Å². The van der Waals surface area contributed by atoms with Crippen LogP contribution in [0.2, 0.25) is 0 Å². The van der Waals surface area contributed by atoms with Crippen LogP contribution < -0.4 is 0 Å². The summed E-state index contributed by atoms with van der Waals surface area (Å²) >= 11 is 0. The SMILES string of the molecule is CC(C)(O)C(C)(O)[N+](=O)[O-]. The first kappa shape index (κ1) is 9.32. The molecule has 0 saturated heterocycles. The Balaban J connectivity index is 4.57. The fraction of sp³-hybridized carbons (Fsp3) is 1.00. The van der Waals surface area contributed by atoms with E-state index in [0.29, 0.717) is 0 Å². The van der Waals surface area contributed by atoms with Crippen molar-refractivity contribution >= 4 is 0 Å². The standard InChI is InChI=1S/C5H11NO4/c1-4(2,7)5(3,8)6(9)10/h7-8H,1-3H3. The third-order valence-electron chi connectivity index (χ3n) is 1.51. The van der Waals surface area contributed by atoms with Gasteiger partial charge in [0.05, 0.1) is 4.92 Å². The Kier molecular flexibility index (Phi) is 2.03. The van der Waals surface area contributed by atoms with Crippen LogP contribution in [0.5, 0.6) is 0 Å². The summed E-state index contributed by atoms with van der Waals surface area (Å²) in [6.07, 6.45) is 0. The summed E-state index contributed by atoms with van der Waals surface area (Å²) < 4.78 is 0. The number of nitrogens with zero attached hydrogens (tertiary/aromatic N) is 1. The number of hydrogen-bond donors (Lipinski definition) is 2. The van der Waals surface area contributed by atoms with Gasteiger partial charge < -0.3 is 10.2 Å². The van der Waals surface area contributed by atoms with E-state index in [1.54, 1.807) is 0 Å². The van der Waals surface area contributed by atoms with Crippen LogP contribution in [0.15, 0.2) is 0 Å². The first-order valence-electron chi connectivity index (χ1n) is 2.79. The largest absolute Gasteiger partial charge is 0.380 e. The van der Waals surface area contributed by atoms with Gasteiger partial charge in [0.1, 0.15) is 0 Å². The molecule has 2 N–H and O–H groups in total. The van der Waals surface area contributed by atoms with Gasteiger partial charge in [-0.1, -0.05) is 0 Å². The molecular weight excluding hydrogens is 138 g/mol. The Morgan fingerprint density at radius 3 is 1.60 bits per heavy atom. The summed E-state index contributed by atoms with van der Waals surface area (Å²) in [5.74, 6) is 0. The number of rotatable bonds is 2. The summed E-state index contributed by atoms with van der Waals surface area (Å²) in [6.45, 7) is 3.30. The smallest absolute Gasteiger partial charge is 0.347 e. The minimum atomic E-state index is -2.28. The summed E-state index contributed by atoms with van der Waals surface area (Å²) in [5.41, 5.74) is -4.01. The normalized spacial score (nSPS) is 18.1. The molecule has 0 aliphatic carbocycles. The summed E-state index contributed by atoms with van der Waals surface area (Å²) in [4.78, 5) is 9.14. The molecule has 10 heavy (non-hydrogen) atoms. The van der Waals surface area contributed by atoms with Gasteiger partial charge in [0.15, 0.2) is 5.60 Å². The van der Waals surface area contributed by atoms with Crippen molar-refractivity contribution in [1.82, 2.24) is 0 Å². The molecule has 1 atom stereocenters. The van der Waals surface area contributed by atoms with Crippen LogP contribution in [-0.2, 0) is 0 Å². The van der Waals surface area contributed by atoms with Crippen molar-refractivity contribution in [2.45, 2.75) is 32.1 Å². The summed E-state index contributed by atoms with van der Waals surface area (Å²) in [7, 11) is 0. The van der Waals surface area contributed by atoms with Crippen LogP contribution in [0.4, 0.5) is 0 Å². The van der Waals surface area contributed by atoms with E-state index < -0.39 is 16.2 Å². The second kappa shape index (κ2) is 2.17. The van der Waals surface area contributed by atoms with Crippen LogP contribution in [0.25, 0.3) is 0 Å². The average Bonchev–Trinajstić information content (AvgIpc) is 1.62. The zero-order valence-corrected chi connectivity index (χ0v) is 6.16. The van der Waals surface area contributed by atoms with E-state index in [1.807, 2.05) is 0 Å². The van der Waals surface area contributed by atoms with E-state index in [-0.39, 0.29) is 0 Å². The molecule has 0 radical (unpaired) electrons. The lowest BCUT2D eigenvalue weighted by molar-refractivity contribution is -0.642. The van der Waals surface area contributed by atoms with Gasteiger partial charge in [0.25, 0.3) is 0 Å². The Hall–Kier alpha value is -0.680. The Bertz CT molecular complexity index is 146. The highest BCUT2D eigenvalue weighted by molar-refractivity contribution is 4.79. The minimum Gasteiger partial charge on any atom is -0.380 e. The third-order valence-corrected chi connectivity index (χ3v) is 1.51. The van der Waals surface area contributed by atoms with E-state index in [4.69, 9.17) is 10.2 Å². The van der Waals surface area contributed by atoms with Crippen molar-refractivity contribution in [3.8, 4) is 0 Å². The highest BCUT2D eigenvalue weighted by Gasteiger charge is 2.49. The molecule has 0 aromatic rings. The van der Waals surface area contributed by atoms with Crippen molar-refractivity contribution in [2.75, 3.05) is 0 Å². The molecule has 0 bridgehead atoms. The molecule has 0 amide bonds. The van der Waals surface area contributed by atoms with Crippen LogP contribution in [-0.4, -0.2) is 26.5 Å². The molecule has 0 aromatic carbocycles. The van der Waals surface area contributed by atoms with Gasteiger partial charge in [-0.3, -0.25) is 10.1 Å². The maximum atomic E-state index is 10.1. The zero-order chi connectivity index (χ0) is 8.58. The van der Waals surface area contributed by atoms with Crippen molar-refractivity contribution < 1.29 is 15.1 Å². The molecule has 0 aliphatic heterocycles. The Labute approximate surface area is 58.4 Å². The van der Waals surface area contributed by atoms with E-state index in [1.165, 1.54) is 13.8 Å². The van der Waals surface area contributed by atoms with Crippen molar-refractivity contribution in [2.24, 2.45) is 0 Å². The second-order valence-electron chi connectivity index (χ2n) is 2.84. The maximum Gasteiger partial charge on any atom is 0.347 e. The van der Waals surface area contributed by atoms with Crippen LogP contribution in [0.3, 0.4) is 0 Å². The van der Waals surface area contributed by atoms with Gasteiger partial charge in [-0.25, -0.2) is 0 Å². The predicted molar refractivity (Wildman–Crippen MR) is 33.9 cm³/mol. The van der Waals surface area contributed by atoms with E-state index >= 15 is 0 Å². The lowest BCUT2D eigenvalue weighted by Crippen LogP contribution is -2.53. The van der Waals surface area contributed by atoms with Crippen LogP contribution in [0.1, 0.15) is 20.8 Å². The fourth-order valence-electron chi connectivity index (χ4n) is 0.223. The molecule has 1 unspecified atom stereocenters. The molecule has 0 spiro atoms. The lowest BCUT2D eigenvalue weighted by Gasteiger charge is -2.26. The minimum absolute atomic E-state index is 0.924. The summed E-state index contributed by atoms with van der Waals surface area (Å²) in [6, 6.07) is 0. The number of nitro groups is 1. The highest BCUT2D eigenvalue weighted by Crippen LogP contribution is 2.20. The summed E-state index contributed by atoms with van der Waals surface area (Å²) in [5, 5.41) is 28.1. The van der Waals surface area contributed by atoms with E-state index in [2.05, 4.69) is 0 Å². The predicted octanol–water partition coefficient (Wildman–Crippen LogP) is -0.258. The third kappa shape index (κ3) is 1.43. The second-order valence-corrected chi connectivity index (χ2v) is 2.84. The van der Waals surface area contributed by atoms with Gasteiger partial charge in [-0.05, 0) is 13.8 Å². The van der Waals surface area contributed by atoms with Crippen molar-refractivity contribution in [3.05, 3.63) is 10.1 Å². The topological polar surface area (TPSA) is 83.6 Å². The van der Waals surface area contributed by atoms with Gasteiger partial charge in [0.2, 0.25) is 0 Å². The average molecular weight is 149 g/mol. The van der Waals surface area contributed by atoms with E-state index in [0.717, 1.165) is 6.92 Å². The molecular formula is C5H11NO4.